The molecule has 2 fully saturated rings. The molecule has 3 heterocycles. The first kappa shape index (κ1) is 47.5. The summed E-state index contributed by atoms with van der Waals surface area (Å²) in [6, 6.07) is -1.14. The summed E-state index contributed by atoms with van der Waals surface area (Å²) in [5.74, 6) is -1.07. The minimum Gasteiger partial charge on any atom is -0.443 e. The van der Waals surface area contributed by atoms with Crippen molar-refractivity contribution < 1.29 is 59.7 Å². The van der Waals surface area contributed by atoms with Crippen LogP contribution in [0.15, 0.2) is 12.2 Å². The highest BCUT2D eigenvalue weighted by Crippen LogP contribution is 2.26. The Kier molecular flexibility index (Phi) is 23.3. The van der Waals surface area contributed by atoms with Crippen LogP contribution in [-0.2, 0) is 61.1 Å². The maximum Gasteiger partial charge on any atom is 0.417 e. The molecule has 15 nitrogen and oxygen atoms in total. The minimum atomic E-state index is -0.685. The summed E-state index contributed by atoms with van der Waals surface area (Å²) in [4.78, 5) is 72.7. The molecule has 0 aromatic rings. The van der Waals surface area contributed by atoms with Gasteiger partial charge in [-0.2, -0.15) is 0 Å². The Labute approximate surface area is 328 Å². The molecule has 52 heavy (non-hydrogen) atoms. The fraction of sp³-hybridized carbons (Fsp3) is 0.742. The van der Waals surface area contributed by atoms with Crippen LogP contribution in [0, 0.1) is 5.92 Å². The second-order valence-corrected chi connectivity index (χ2v) is 15.8. The van der Waals surface area contributed by atoms with Gasteiger partial charge in [-0.3, -0.25) is 14.4 Å². The zero-order valence-corrected chi connectivity index (χ0v) is 36.6. The molecule has 3 aliphatic heterocycles. The van der Waals surface area contributed by atoms with Crippen molar-refractivity contribution >= 4 is 92.6 Å². The Morgan fingerprint density at radius 2 is 1.10 bits per heavy atom. The van der Waals surface area contributed by atoms with Crippen LogP contribution >= 0.6 is 24.0 Å². The molecular weight excluding hydrogens is 795 g/mol. The largest absolute Gasteiger partial charge is 0.443 e. The van der Waals surface area contributed by atoms with Gasteiger partial charge in [-0.15, -0.1) is 0 Å². The first-order chi connectivity index (χ1) is 25.2. The second-order valence-electron chi connectivity index (χ2n) is 13.8. The van der Waals surface area contributed by atoms with Crippen LogP contribution in [0.4, 0.5) is 14.4 Å². The van der Waals surface area contributed by atoms with Gasteiger partial charge in [-0.05, 0) is 120 Å². The lowest BCUT2D eigenvalue weighted by atomic mass is 10.1. The molecule has 0 bridgehead atoms. The predicted octanol–water partition coefficient (Wildman–Crippen LogP) is 6.59. The Bertz CT molecular complexity index is 1400. The van der Waals surface area contributed by atoms with Crippen molar-refractivity contribution in [3.05, 3.63) is 12.2 Å². The highest BCUT2D eigenvalue weighted by atomic mass is 32.4. The van der Waals surface area contributed by atoms with E-state index in [1.54, 1.807) is 75.3 Å². The Morgan fingerprint density at radius 3 is 1.46 bits per heavy atom. The molecule has 0 spiro atoms. The number of hydrogen-bond acceptors (Lipinski definition) is 12. The van der Waals surface area contributed by atoms with Crippen LogP contribution in [-0.4, -0.2) is 98.3 Å². The number of carbonyl (C=O) groups excluding carboxylic acids is 6. The van der Waals surface area contributed by atoms with Crippen molar-refractivity contribution in [1.29, 1.82) is 0 Å². The number of amides is 6. The molecule has 0 aromatic carbocycles. The third-order valence-electron chi connectivity index (χ3n) is 5.78. The average molecular weight is 856 g/mol. The zero-order chi connectivity index (χ0) is 43.9. The summed E-state index contributed by atoms with van der Waals surface area (Å²) in [5.41, 5.74) is -1.85. The molecule has 0 saturated carbocycles. The van der Waals surface area contributed by atoms with Crippen molar-refractivity contribution in [1.82, 2.24) is 14.7 Å². The Morgan fingerprint density at radius 1 is 0.712 bits per heavy atom. The topological polar surface area (TPSA) is 191 Å². The highest BCUT2D eigenvalue weighted by Gasteiger charge is 2.40. The van der Waals surface area contributed by atoms with Gasteiger partial charge in [0.1, 0.15) is 49.3 Å². The van der Waals surface area contributed by atoms with Gasteiger partial charge in [0.15, 0.2) is 0 Å². The maximum atomic E-state index is 11.8. The minimum absolute atomic E-state index is 0.0370. The van der Waals surface area contributed by atoms with E-state index in [0.717, 1.165) is 14.7 Å². The van der Waals surface area contributed by atoms with Crippen LogP contribution in [0.5, 0.6) is 0 Å². The van der Waals surface area contributed by atoms with Crippen LogP contribution in [0.25, 0.3) is 0 Å². The van der Waals surface area contributed by atoms with Crippen molar-refractivity contribution in [2.24, 2.45) is 5.92 Å². The summed E-state index contributed by atoms with van der Waals surface area (Å²) in [7, 11) is 8.55. The SMILES string of the molecule is O=S=P.O=S=P.O=S=P.[3H]C[C@@H]1C=CC(=O)N1C(=O)OC(C)(C)C.[3H]C[C@@H]1CC(C)C(=O)N1C(=O)OC(C)(C)C.[3H]C[C@@H]1CCC(=O)N1C(=O)OC(C)(C)C. The molecule has 21 heteroatoms. The third kappa shape index (κ3) is 23.2. The molecule has 4 atom stereocenters. The average Bonchev–Trinajstić information content (AvgIpc) is 3.69. The summed E-state index contributed by atoms with van der Waals surface area (Å²) >= 11 is 0. The number of hydrogen-bond donors (Lipinski definition) is 0. The number of carbonyl (C=O) groups is 6. The van der Waals surface area contributed by atoms with Crippen LogP contribution in [0.2, 0.25) is 0 Å². The monoisotopic (exact) mass is 855 g/mol. The van der Waals surface area contributed by atoms with Crippen LogP contribution < -0.4 is 0 Å². The highest BCUT2D eigenvalue weighted by molar-refractivity contribution is 7.93. The van der Waals surface area contributed by atoms with Gasteiger partial charge >= 0.3 is 18.3 Å². The van der Waals surface area contributed by atoms with Crippen LogP contribution in [0.3, 0.4) is 0 Å². The standard InChI is InChI=1S/C11H19NO3.C10H17NO3.C10H15NO3.3HOPS/c1-7-6-8(2)12(9(7)13)10(14)15-11(3,4)5;2*1-7-5-6-8(12)11(7)9(13)14-10(2,3)4;3*1-3-2/h7-8H,6H2,1-5H3;7H,5-6H2,1-4H3;5-7H,1-4H3;3*2H/t7?,8-;2*7-;;;/m111.../s1/i2T;2*1T;;;. The smallest absolute Gasteiger partial charge is 0.417 e. The molecule has 298 valence electrons. The van der Waals surface area contributed by atoms with Crippen molar-refractivity contribution in [2.75, 3.05) is 0 Å². The summed E-state index contributed by atoms with van der Waals surface area (Å²) in [6.45, 7) is 17.5. The van der Waals surface area contributed by atoms with E-state index >= 15 is 0 Å². The van der Waals surface area contributed by atoms with Crippen molar-refractivity contribution in [3.8, 4) is 0 Å². The first-order valence-electron chi connectivity index (χ1n) is 17.4. The van der Waals surface area contributed by atoms with Gasteiger partial charge in [0.25, 0.3) is 5.91 Å². The molecule has 0 N–H and O–H groups in total. The number of rotatable bonds is 0. The van der Waals surface area contributed by atoms with Crippen LogP contribution in [0.1, 0.15) is 113 Å². The molecule has 1 unspecified atom stereocenters. The van der Waals surface area contributed by atoms with Gasteiger partial charge in [0.2, 0.25) is 11.8 Å². The van der Waals surface area contributed by atoms with Gasteiger partial charge in [0, 0.05) is 34.6 Å². The molecule has 3 aliphatic rings. The normalized spacial score (nSPS) is 21.2. The number of ether oxygens (including phenoxy) is 3. The van der Waals surface area contributed by atoms with Gasteiger partial charge in [-0.1, -0.05) is 13.0 Å². The van der Waals surface area contributed by atoms with E-state index in [9.17, 15) is 28.8 Å². The Balaban J connectivity index is -0.000000663. The van der Waals surface area contributed by atoms with E-state index in [0.29, 0.717) is 51.8 Å². The molecule has 6 amide bonds. The van der Waals surface area contributed by atoms with Crippen molar-refractivity contribution in [3.63, 3.8) is 0 Å². The summed E-state index contributed by atoms with van der Waals surface area (Å²) in [5, 5.41) is 0. The molecule has 0 aromatic heterocycles. The molecular formula is C31H54N3O12P3S3. The van der Waals surface area contributed by atoms with E-state index in [1.807, 2.05) is 0 Å². The first-order valence-corrected chi connectivity index (χ1v) is 21.2. The molecule has 0 radical (unpaired) electrons. The van der Waals surface area contributed by atoms with Crippen molar-refractivity contribution in [2.45, 2.75) is 144 Å². The van der Waals surface area contributed by atoms with Gasteiger partial charge in [-0.25, -0.2) is 41.7 Å². The fourth-order valence-electron chi connectivity index (χ4n) is 3.95. The predicted molar refractivity (Wildman–Crippen MR) is 209 cm³/mol. The number of nitrogens with zero attached hydrogens (tertiary/aromatic N) is 3. The van der Waals surface area contributed by atoms with E-state index in [1.165, 1.54) is 6.08 Å². The number of likely N-dealkylation sites (tertiary alicyclic amines) is 2. The molecule has 2 saturated heterocycles. The van der Waals surface area contributed by atoms with E-state index in [2.05, 4.69) is 24.0 Å². The Hall–Kier alpha value is -2.48. The molecule has 3 rings (SSSR count). The summed E-state index contributed by atoms with van der Waals surface area (Å²) in [6.07, 6.45) is 2.37. The summed E-state index contributed by atoms with van der Waals surface area (Å²) < 4.78 is 63.4. The van der Waals surface area contributed by atoms with E-state index < -0.39 is 47.0 Å². The third-order valence-corrected chi connectivity index (χ3v) is 5.78. The lowest BCUT2D eigenvalue weighted by Gasteiger charge is -2.25. The lowest BCUT2D eigenvalue weighted by molar-refractivity contribution is -0.131. The zero-order valence-electron chi connectivity index (χ0n) is 34.2. The van der Waals surface area contributed by atoms with Gasteiger partial charge in [0.05, 0.1) is 6.04 Å². The second kappa shape index (κ2) is 25.5. The maximum absolute atomic E-state index is 11.8. The molecule has 0 aliphatic carbocycles. The fourth-order valence-corrected chi connectivity index (χ4v) is 3.95. The van der Waals surface area contributed by atoms with E-state index in [4.69, 9.17) is 30.9 Å². The van der Waals surface area contributed by atoms with E-state index in [-0.39, 0.29) is 50.5 Å². The van der Waals surface area contributed by atoms with Gasteiger partial charge < -0.3 is 14.2 Å². The number of imide groups is 3. The lowest BCUT2D eigenvalue weighted by Crippen LogP contribution is -2.41. The quantitative estimate of drug-likeness (QED) is 0.188.